The number of carbonyl (C=O) groups is 1. The van der Waals surface area contributed by atoms with E-state index >= 15 is 0 Å². The smallest absolute Gasteiger partial charge is 0.363 e. The maximum Gasteiger partial charge on any atom is 0.363 e. The van der Waals surface area contributed by atoms with E-state index in [9.17, 15) is 13.2 Å². The summed E-state index contributed by atoms with van der Waals surface area (Å²) in [5.74, 6) is -0.366. The van der Waals surface area contributed by atoms with Crippen molar-refractivity contribution in [3.63, 3.8) is 0 Å². The third kappa shape index (κ3) is 4.04. The summed E-state index contributed by atoms with van der Waals surface area (Å²) in [5, 5.41) is 1.90. The number of benzene rings is 1. The van der Waals surface area contributed by atoms with Crippen LogP contribution >= 0.6 is 11.3 Å². The fraction of sp³-hybridized carbons (Fsp3) is 0.176. The van der Waals surface area contributed by atoms with Crippen LogP contribution in [0.3, 0.4) is 0 Å². The molecule has 8 heteroatoms. The second kappa shape index (κ2) is 6.91. The Hall–Kier alpha value is -2.29. The summed E-state index contributed by atoms with van der Waals surface area (Å²) in [4.78, 5) is 17.2. The molecule has 2 heterocycles. The van der Waals surface area contributed by atoms with Gasteiger partial charge in [-0.15, -0.1) is 11.3 Å². The number of thiophene rings is 1. The third-order valence-corrected chi connectivity index (χ3v) is 5.74. The Morgan fingerprint density at radius 1 is 1.20 bits per heavy atom. The fourth-order valence-corrected chi connectivity index (χ4v) is 4.10. The van der Waals surface area contributed by atoms with Gasteiger partial charge in [0, 0.05) is 16.5 Å². The highest BCUT2D eigenvalue weighted by molar-refractivity contribution is 7.89. The maximum atomic E-state index is 12.1. The summed E-state index contributed by atoms with van der Waals surface area (Å²) in [6, 6.07) is 9.60. The van der Waals surface area contributed by atoms with Crippen molar-refractivity contribution in [1.82, 2.24) is 4.72 Å². The van der Waals surface area contributed by atoms with Crippen LogP contribution in [-0.4, -0.2) is 26.3 Å². The molecule has 25 heavy (non-hydrogen) atoms. The lowest BCUT2D eigenvalue weighted by atomic mass is 10.2. The molecule has 0 bridgehead atoms. The van der Waals surface area contributed by atoms with Crippen molar-refractivity contribution in [3.05, 3.63) is 57.9 Å². The van der Waals surface area contributed by atoms with Crippen LogP contribution in [0.15, 0.2) is 57.4 Å². The molecule has 6 nitrogen and oxygen atoms in total. The van der Waals surface area contributed by atoms with Crippen LogP contribution in [0.2, 0.25) is 0 Å². The van der Waals surface area contributed by atoms with Crippen molar-refractivity contribution in [2.75, 3.05) is 0 Å². The van der Waals surface area contributed by atoms with E-state index in [1.54, 1.807) is 32.1 Å². The van der Waals surface area contributed by atoms with Gasteiger partial charge in [0.15, 0.2) is 5.70 Å². The minimum absolute atomic E-state index is 0.143. The number of cyclic esters (lactones) is 1. The van der Waals surface area contributed by atoms with E-state index in [-0.39, 0.29) is 22.5 Å². The van der Waals surface area contributed by atoms with Gasteiger partial charge in [-0.25, -0.2) is 22.9 Å². The average Bonchev–Trinajstić information content (AvgIpc) is 3.17. The number of hydrogen-bond donors (Lipinski definition) is 1. The molecule has 0 aliphatic carbocycles. The topological polar surface area (TPSA) is 84.8 Å². The van der Waals surface area contributed by atoms with Gasteiger partial charge >= 0.3 is 5.97 Å². The van der Waals surface area contributed by atoms with E-state index in [0.717, 1.165) is 4.88 Å². The van der Waals surface area contributed by atoms with Gasteiger partial charge in [0.05, 0.1) is 4.90 Å². The fourth-order valence-electron chi connectivity index (χ4n) is 2.20. The minimum atomic E-state index is -3.56. The Kier molecular flexibility index (Phi) is 4.85. The van der Waals surface area contributed by atoms with Gasteiger partial charge in [0.25, 0.3) is 0 Å². The summed E-state index contributed by atoms with van der Waals surface area (Å²) >= 11 is 1.49. The van der Waals surface area contributed by atoms with Gasteiger partial charge in [-0.05, 0) is 55.6 Å². The van der Waals surface area contributed by atoms with Gasteiger partial charge in [0.2, 0.25) is 15.9 Å². The second-order valence-corrected chi connectivity index (χ2v) is 8.35. The first-order valence-electron chi connectivity index (χ1n) is 7.54. The molecule has 0 fully saturated rings. The Balaban J connectivity index is 1.85. The van der Waals surface area contributed by atoms with E-state index < -0.39 is 16.0 Å². The van der Waals surface area contributed by atoms with Crippen molar-refractivity contribution < 1.29 is 17.9 Å². The average molecular weight is 376 g/mol. The van der Waals surface area contributed by atoms with Crippen molar-refractivity contribution >= 4 is 39.3 Å². The highest BCUT2D eigenvalue weighted by atomic mass is 32.2. The van der Waals surface area contributed by atoms with E-state index in [2.05, 4.69) is 9.71 Å². The first kappa shape index (κ1) is 17.5. The molecular formula is C17H16N2O4S2. The number of hydrogen-bond acceptors (Lipinski definition) is 6. The zero-order chi connectivity index (χ0) is 18.0. The number of ether oxygens (including phenoxy) is 1. The molecule has 0 saturated heterocycles. The van der Waals surface area contributed by atoms with Crippen molar-refractivity contribution in [2.24, 2.45) is 4.99 Å². The summed E-state index contributed by atoms with van der Waals surface area (Å²) in [5.41, 5.74) is 0.752. The molecule has 0 atom stereocenters. The molecular weight excluding hydrogens is 360 g/mol. The predicted molar refractivity (Wildman–Crippen MR) is 96.8 cm³/mol. The minimum Gasteiger partial charge on any atom is -0.402 e. The molecule has 1 aliphatic heterocycles. The number of aliphatic imine (C=N–C) groups is 1. The third-order valence-electron chi connectivity index (χ3n) is 3.25. The monoisotopic (exact) mass is 376 g/mol. The van der Waals surface area contributed by atoms with Crippen LogP contribution in [0, 0.1) is 0 Å². The van der Waals surface area contributed by atoms with Crippen LogP contribution in [0.1, 0.15) is 24.3 Å². The number of esters is 1. The Labute approximate surface area is 149 Å². The predicted octanol–water partition coefficient (Wildman–Crippen LogP) is 2.78. The van der Waals surface area contributed by atoms with Gasteiger partial charge in [-0.2, -0.15) is 0 Å². The van der Waals surface area contributed by atoms with E-state index in [1.807, 2.05) is 17.5 Å². The summed E-state index contributed by atoms with van der Waals surface area (Å²) in [6.45, 7) is 3.50. The second-order valence-electron chi connectivity index (χ2n) is 5.65. The van der Waals surface area contributed by atoms with Crippen LogP contribution in [0.4, 0.5) is 0 Å². The Bertz CT molecular complexity index is 941. The van der Waals surface area contributed by atoms with Crippen molar-refractivity contribution in [1.29, 1.82) is 0 Å². The number of nitrogens with zero attached hydrogens (tertiary/aromatic N) is 1. The van der Waals surface area contributed by atoms with Crippen molar-refractivity contribution in [2.45, 2.75) is 24.8 Å². The largest absolute Gasteiger partial charge is 0.402 e. The molecule has 3 rings (SSSR count). The summed E-state index contributed by atoms with van der Waals surface area (Å²) in [7, 11) is -3.56. The highest BCUT2D eigenvalue weighted by Crippen LogP contribution is 2.22. The highest BCUT2D eigenvalue weighted by Gasteiger charge is 2.25. The number of rotatable bonds is 5. The molecule has 0 amide bonds. The number of carbonyl (C=O) groups excluding carboxylic acids is 1. The molecule has 0 radical (unpaired) electrons. The van der Waals surface area contributed by atoms with Crippen LogP contribution < -0.4 is 4.72 Å². The first-order chi connectivity index (χ1) is 11.8. The molecule has 130 valence electrons. The molecule has 1 aliphatic rings. The molecule has 0 unspecified atom stereocenters. The van der Waals surface area contributed by atoms with Gasteiger partial charge in [-0.1, -0.05) is 6.07 Å². The maximum absolute atomic E-state index is 12.1. The van der Waals surface area contributed by atoms with Gasteiger partial charge < -0.3 is 4.74 Å². The van der Waals surface area contributed by atoms with E-state index in [0.29, 0.717) is 5.56 Å². The molecule has 2 aromatic rings. The van der Waals surface area contributed by atoms with Gasteiger partial charge in [0.1, 0.15) is 0 Å². The zero-order valence-electron chi connectivity index (χ0n) is 13.6. The first-order valence-corrected chi connectivity index (χ1v) is 9.90. The lowest BCUT2D eigenvalue weighted by Crippen LogP contribution is -2.30. The van der Waals surface area contributed by atoms with Crippen LogP contribution in [0.25, 0.3) is 6.08 Å². The van der Waals surface area contributed by atoms with Gasteiger partial charge in [-0.3, -0.25) is 0 Å². The van der Waals surface area contributed by atoms with Crippen molar-refractivity contribution in [3.8, 4) is 0 Å². The zero-order valence-corrected chi connectivity index (χ0v) is 15.2. The standard InChI is InChI=1S/C17H16N2O4S2/c1-11(2)19-25(21,22)14-7-5-12(6-8-14)16-18-15(17(20)23-16)10-13-4-3-9-24-13/h3-11,19H,1-2H3. The molecule has 1 N–H and O–H groups in total. The quantitative estimate of drug-likeness (QED) is 0.642. The Morgan fingerprint density at radius 2 is 1.92 bits per heavy atom. The van der Waals surface area contributed by atoms with E-state index in [1.165, 1.54) is 23.5 Å². The van der Waals surface area contributed by atoms with Crippen LogP contribution in [0.5, 0.6) is 0 Å². The Morgan fingerprint density at radius 3 is 2.52 bits per heavy atom. The molecule has 1 aromatic heterocycles. The number of sulfonamides is 1. The SMILES string of the molecule is CC(C)NS(=O)(=O)c1ccc(C2=NC(=Cc3cccs3)C(=O)O2)cc1. The normalized spacial score (nSPS) is 16.4. The number of nitrogens with one attached hydrogen (secondary N) is 1. The summed E-state index contributed by atoms with van der Waals surface area (Å²) in [6.07, 6.45) is 1.66. The lowest BCUT2D eigenvalue weighted by molar-refractivity contribution is -0.129. The summed E-state index contributed by atoms with van der Waals surface area (Å²) < 4.78 is 31.9. The molecule has 0 spiro atoms. The van der Waals surface area contributed by atoms with E-state index in [4.69, 9.17) is 4.74 Å². The molecule has 1 aromatic carbocycles. The lowest BCUT2D eigenvalue weighted by Gasteiger charge is -2.09. The molecule has 0 saturated carbocycles. The van der Waals surface area contributed by atoms with Crippen LogP contribution in [-0.2, 0) is 19.6 Å².